The topological polar surface area (TPSA) is 63.2 Å². The molecule has 2 amide bonds. The Hall–Kier alpha value is -1.49. The number of likely N-dealkylation sites (tertiary alicyclic amines) is 1. The van der Waals surface area contributed by atoms with Crippen LogP contribution < -0.4 is 0 Å². The predicted molar refractivity (Wildman–Crippen MR) is 56.9 cm³/mol. The Kier molecular flexibility index (Phi) is 2.87. The van der Waals surface area contributed by atoms with Crippen molar-refractivity contribution in [3.63, 3.8) is 0 Å². The third kappa shape index (κ3) is 2.04. The molecule has 1 fully saturated rings. The molecule has 6 heteroatoms. The summed E-state index contributed by atoms with van der Waals surface area (Å²) >= 11 is 5.63. The van der Waals surface area contributed by atoms with Crippen LogP contribution in [0, 0.1) is 5.92 Å². The molecule has 1 aliphatic rings. The van der Waals surface area contributed by atoms with Crippen molar-refractivity contribution in [1.29, 1.82) is 0 Å². The van der Waals surface area contributed by atoms with Gasteiger partial charge in [-0.1, -0.05) is 18.5 Å². The highest BCUT2D eigenvalue weighted by Gasteiger charge is 2.32. The number of hydrogen-bond donors (Lipinski definition) is 0. The highest BCUT2D eigenvalue weighted by atomic mass is 35.5. The average molecular weight is 240 g/mol. The van der Waals surface area contributed by atoms with Crippen LogP contribution in [0.25, 0.3) is 0 Å². The van der Waals surface area contributed by atoms with E-state index in [9.17, 15) is 9.59 Å². The van der Waals surface area contributed by atoms with Gasteiger partial charge in [0.2, 0.25) is 5.91 Å². The molecule has 1 atom stereocenters. The normalized spacial score (nSPS) is 20.2. The van der Waals surface area contributed by atoms with E-state index in [1.54, 1.807) is 0 Å². The molecule has 0 spiro atoms. The number of hydrogen-bond acceptors (Lipinski definition) is 4. The lowest BCUT2D eigenvalue weighted by Crippen LogP contribution is -2.33. The first-order valence-electron chi connectivity index (χ1n) is 4.90. The Morgan fingerprint density at radius 3 is 2.88 bits per heavy atom. The summed E-state index contributed by atoms with van der Waals surface area (Å²) in [6.45, 7) is 2.36. The summed E-state index contributed by atoms with van der Waals surface area (Å²) in [4.78, 5) is 32.2. The number of nitrogens with zero attached hydrogens (tertiary/aromatic N) is 3. The van der Waals surface area contributed by atoms with Crippen molar-refractivity contribution in [2.45, 2.75) is 13.3 Å². The zero-order valence-electron chi connectivity index (χ0n) is 8.68. The second-order valence-electron chi connectivity index (χ2n) is 3.85. The number of aromatic nitrogens is 2. The fourth-order valence-corrected chi connectivity index (χ4v) is 1.81. The zero-order valence-corrected chi connectivity index (χ0v) is 9.44. The third-order valence-electron chi connectivity index (χ3n) is 2.39. The molecule has 1 unspecified atom stereocenters. The summed E-state index contributed by atoms with van der Waals surface area (Å²) in [5.74, 6) is -0.396. The second kappa shape index (κ2) is 4.17. The van der Waals surface area contributed by atoms with Crippen molar-refractivity contribution >= 4 is 23.4 Å². The van der Waals surface area contributed by atoms with Crippen molar-refractivity contribution in [1.82, 2.24) is 14.9 Å². The smallest absolute Gasteiger partial charge is 0.277 e. The van der Waals surface area contributed by atoms with Gasteiger partial charge in [-0.05, 0) is 5.92 Å². The number of amides is 2. The maximum absolute atomic E-state index is 11.9. The first-order chi connectivity index (χ1) is 7.58. The third-order valence-corrected chi connectivity index (χ3v) is 2.57. The summed E-state index contributed by atoms with van der Waals surface area (Å²) < 4.78 is 0. The molecular weight excluding hydrogens is 230 g/mol. The molecule has 16 heavy (non-hydrogen) atoms. The fraction of sp³-hybridized carbons (Fsp3) is 0.400. The monoisotopic (exact) mass is 239 g/mol. The van der Waals surface area contributed by atoms with Gasteiger partial charge in [-0.2, -0.15) is 0 Å². The predicted octanol–water partition coefficient (Wildman–Crippen LogP) is 1.14. The Morgan fingerprint density at radius 1 is 1.56 bits per heavy atom. The summed E-state index contributed by atoms with van der Waals surface area (Å²) in [7, 11) is 0. The second-order valence-corrected chi connectivity index (χ2v) is 4.23. The summed E-state index contributed by atoms with van der Waals surface area (Å²) in [5, 5.41) is 0.144. The molecule has 0 saturated carbocycles. The van der Waals surface area contributed by atoms with Crippen molar-refractivity contribution < 1.29 is 9.59 Å². The molecule has 1 aliphatic heterocycles. The zero-order chi connectivity index (χ0) is 11.7. The van der Waals surface area contributed by atoms with Crippen molar-refractivity contribution in [3.05, 3.63) is 23.2 Å². The maximum atomic E-state index is 11.9. The molecule has 0 aliphatic carbocycles. The van der Waals surface area contributed by atoms with E-state index in [-0.39, 0.29) is 22.7 Å². The van der Waals surface area contributed by atoms with E-state index in [2.05, 4.69) is 9.97 Å². The van der Waals surface area contributed by atoms with Crippen LogP contribution in [-0.2, 0) is 4.79 Å². The molecule has 2 heterocycles. The molecule has 0 aromatic carbocycles. The van der Waals surface area contributed by atoms with E-state index in [1.807, 2.05) is 6.92 Å². The van der Waals surface area contributed by atoms with Crippen LogP contribution in [0.5, 0.6) is 0 Å². The number of carbonyl (C=O) groups excluding carboxylic acids is 2. The highest BCUT2D eigenvalue weighted by molar-refractivity contribution is 6.29. The Bertz CT molecular complexity index is 449. The van der Waals surface area contributed by atoms with Gasteiger partial charge in [-0.15, -0.1) is 0 Å². The van der Waals surface area contributed by atoms with E-state index in [0.29, 0.717) is 13.0 Å². The number of rotatable bonds is 1. The molecule has 1 aromatic rings. The molecule has 0 N–H and O–H groups in total. The minimum Gasteiger partial charge on any atom is -0.277 e. The van der Waals surface area contributed by atoms with Gasteiger partial charge >= 0.3 is 0 Å². The highest BCUT2D eigenvalue weighted by Crippen LogP contribution is 2.18. The molecule has 2 rings (SSSR count). The average Bonchev–Trinajstić information content (AvgIpc) is 2.57. The van der Waals surface area contributed by atoms with E-state index in [4.69, 9.17) is 11.6 Å². The molecule has 0 bridgehead atoms. The summed E-state index contributed by atoms with van der Waals surface area (Å²) in [5.41, 5.74) is 0.106. The van der Waals surface area contributed by atoms with Crippen LogP contribution in [0.4, 0.5) is 0 Å². The first-order valence-corrected chi connectivity index (χ1v) is 5.28. The van der Waals surface area contributed by atoms with Crippen LogP contribution in [0.15, 0.2) is 12.4 Å². The molecule has 84 valence electrons. The fourth-order valence-electron chi connectivity index (χ4n) is 1.67. The van der Waals surface area contributed by atoms with E-state index >= 15 is 0 Å². The molecular formula is C10H10ClN3O2. The Labute approximate surface area is 97.4 Å². The van der Waals surface area contributed by atoms with Gasteiger partial charge in [0, 0.05) is 13.0 Å². The number of halogens is 1. The number of imide groups is 1. The van der Waals surface area contributed by atoms with E-state index < -0.39 is 5.91 Å². The summed E-state index contributed by atoms with van der Waals surface area (Å²) in [6.07, 6.45) is 3.05. The van der Waals surface area contributed by atoms with Gasteiger partial charge in [0.1, 0.15) is 10.8 Å². The lowest BCUT2D eigenvalue weighted by atomic mass is 10.2. The number of carbonyl (C=O) groups is 2. The van der Waals surface area contributed by atoms with Crippen LogP contribution >= 0.6 is 11.6 Å². The standard InChI is InChI=1S/C10H10ClN3O2/c1-6-2-9(15)14(5-6)10(16)7-3-12-4-8(11)13-7/h3-4,6H,2,5H2,1H3. The first kappa shape index (κ1) is 11.0. The van der Waals surface area contributed by atoms with Gasteiger partial charge in [-0.3, -0.25) is 19.5 Å². The molecule has 1 aromatic heterocycles. The largest absolute Gasteiger partial charge is 0.280 e. The SMILES string of the molecule is CC1CC(=O)N(C(=O)c2cncc(Cl)n2)C1. The summed E-state index contributed by atoms with van der Waals surface area (Å²) in [6, 6.07) is 0. The lowest BCUT2D eigenvalue weighted by molar-refractivity contribution is -0.125. The minimum atomic E-state index is -0.427. The molecule has 5 nitrogen and oxygen atoms in total. The van der Waals surface area contributed by atoms with Crippen molar-refractivity contribution in [2.75, 3.05) is 6.54 Å². The van der Waals surface area contributed by atoms with Crippen LogP contribution in [-0.4, -0.2) is 33.2 Å². The van der Waals surface area contributed by atoms with E-state index in [1.165, 1.54) is 17.3 Å². The van der Waals surface area contributed by atoms with Crippen molar-refractivity contribution in [2.24, 2.45) is 5.92 Å². The molecule has 0 radical (unpaired) electrons. The van der Waals surface area contributed by atoms with Crippen LogP contribution in [0.2, 0.25) is 5.15 Å². The van der Waals surface area contributed by atoms with Gasteiger partial charge in [0.25, 0.3) is 5.91 Å². The maximum Gasteiger partial charge on any atom is 0.280 e. The lowest BCUT2D eigenvalue weighted by Gasteiger charge is -2.12. The Balaban J connectivity index is 2.23. The van der Waals surface area contributed by atoms with Crippen molar-refractivity contribution in [3.8, 4) is 0 Å². The van der Waals surface area contributed by atoms with E-state index in [0.717, 1.165) is 0 Å². The van der Waals surface area contributed by atoms with Crippen LogP contribution in [0.1, 0.15) is 23.8 Å². The van der Waals surface area contributed by atoms with Gasteiger partial charge < -0.3 is 0 Å². The minimum absolute atomic E-state index is 0.106. The van der Waals surface area contributed by atoms with Gasteiger partial charge in [0.15, 0.2) is 0 Å². The molecule has 1 saturated heterocycles. The van der Waals surface area contributed by atoms with Crippen LogP contribution in [0.3, 0.4) is 0 Å². The quantitative estimate of drug-likeness (QED) is 0.690. The van der Waals surface area contributed by atoms with Gasteiger partial charge in [0.05, 0.1) is 12.4 Å². The van der Waals surface area contributed by atoms with Gasteiger partial charge in [-0.25, -0.2) is 4.98 Å². The Morgan fingerprint density at radius 2 is 2.31 bits per heavy atom.